The van der Waals surface area contributed by atoms with Gasteiger partial charge in [0, 0.05) is 16.7 Å². The first-order chi connectivity index (χ1) is 6.58. The van der Waals surface area contributed by atoms with E-state index in [0.717, 1.165) is 11.6 Å². The lowest BCUT2D eigenvalue weighted by Gasteiger charge is -2.44. The van der Waals surface area contributed by atoms with E-state index in [1.807, 2.05) is 23.9 Å². The molecule has 2 heterocycles. The Morgan fingerprint density at radius 1 is 1.57 bits per heavy atom. The number of nitrogens with one attached hydrogen (secondary N) is 1. The van der Waals surface area contributed by atoms with E-state index >= 15 is 0 Å². The van der Waals surface area contributed by atoms with Crippen LogP contribution in [0.4, 0.5) is 5.82 Å². The predicted octanol–water partition coefficient (Wildman–Crippen LogP) is 3.04. The topological polar surface area (TPSA) is 24.9 Å². The standard InChI is InChI=1S/C10H13ClN2S/c1-10(2)8(6-14-10)13-9-4-3-7(11)5-12-9/h3-5,8H,6H2,1-2H3,(H,12,13). The SMILES string of the molecule is CC1(C)SCC1Nc1ccc(Cl)cn1. The molecule has 1 aliphatic rings. The second kappa shape index (κ2) is 3.63. The monoisotopic (exact) mass is 228 g/mol. The minimum Gasteiger partial charge on any atom is -0.365 e. The average molecular weight is 229 g/mol. The number of hydrogen-bond donors (Lipinski definition) is 1. The van der Waals surface area contributed by atoms with Crippen molar-refractivity contribution in [2.75, 3.05) is 11.1 Å². The lowest BCUT2D eigenvalue weighted by molar-refractivity contribution is 0.575. The molecule has 14 heavy (non-hydrogen) atoms. The molecule has 0 spiro atoms. The summed E-state index contributed by atoms with van der Waals surface area (Å²) in [7, 11) is 0. The van der Waals surface area contributed by atoms with Crippen molar-refractivity contribution in [1.29, 1.82) is 0 Å². The molecule has 2 rings (SSSR count). The Labute approximate surface area is 93.4 Å². The molecule has 0 aromatic carbocycles. The van der Waals surface area contributed by atoms with E-state index in [1.165, 1.54) is 0 Å². The predicted molar refractivity (Wildman–Crippen MR) is 63.2 cm³/mol. The summed E-state index contributed by atoms with van der Waals surface area (Å²) in [4.78, 5) is 4.21. The number of rotatable bonds is 2. The smallest absolute Gasteiger partial charge is 0.126 e. The average Bonchev–Trinajstić information content (AvgIpc) is 2.15. The van der Waals surface area contributed by atoms with E-state index in [4.69, 9.17) is 11.6 Å². The van der Waals surface area contributed by atoms with Crippen molar-refractivity contribution in [3.8, 4) is 0 Å². The van der Waals surface area contributed by atoms with Crippen molar-refractivity contribution in [1.82, 2.24) is 4.98 Å². The van der Waals surface area contributed by atoms with Crippen LogP contribution in [0.3, 0.4) is 0 Å². The summed E-state index contributed by atoms with van der Waals surface area (Å²) in [6.07, 6.45) is 1.67. The molecule has 0 saturated carbocycles. The van der Waals surface area contributed by atoms with Crippen LogP contribution in [0.2, 0.25) is 5.02 Å². The number of halogens is 1. The van der Waals surface area contributed by atoms with Crippen molar-refractivity contribution in [3.05, 3.63) is 23.4 Å². The van der Waals surface area contributed by atoms with E-state index in [0.29, 0.717) is 15.8 Å². The van der Waals surface area contributed by atoms with Crippen LogP contribution in [0.5, 0.6) is 0 Å². The summed E-state index contributed by atoms with van der Waals surface area (Å²) < 4.78 is 0.321. The fourth-order valence-corrected chi connectivity index (χ4v) is 2.61. The first-order valence-corrected chi connectivity index (χ1v) is 5.96. The third-order valence-corrected chi connectivity index (χ3v) is 4.26. The maximum Gasteiger partial charge on any atom is 0.126 e. The Balaban J connectivity index is 2.01. The summed E-state index contributed by atoms with van der Waals surface area (Å²) in [5.74, 6) is 2.06. The van der Waals surface area contributed by atoms with Gasteiger partial charge in [-0.3, -0.25) is 0 Å². The maximum atomic E-state index is 5.76. The second-order valence-corrected chi connectivity index (χ2v) is 6.08. The van der Waals surface area contributed by atoms with Gasteiger partial charge < -0.3 is 5.32 Å². The molecule has 1 fully saturated rings. The Kier molecular flexibility index (Phi) is 2.62. The molecule has 1 aromatic heterocycles. The van der Waals surface area contributed by atoms with Crippen molar-refractivity contribution < 1.29 is 0 Å². The van der Waals surface area contributed by atoms with Gasteiger partial charge in [0.25, 0.3) is 0 Å². The maximum absolute atomic E-state index is 5.76. The van der Waals surface area contributed by atoms with E-state index in [-0.39, 0.29) is 0 Å². The van der Waals surface area contributed by atoms with Crippen LogP contribution in [0.15, 0.2) is 18.3 Å². The lowest BCUT2D eigenvalue weighted by Crippen LogP contribution is -2.50. The second-order valence-electron chi connectivity index (χ2n) is 3.97. The zero-order valence-corrected chi connectivity index (χ0v) is 9.82. The van der Waals surface area contributed by atoms with Gasteiger partial charge in [-0.2, -0.15) is 11.8 Å². The van der Waals surface area contributed by atoms with Crippen molar-refractivity contribution in [2.24, 2.45) is 0 Å². The molecule has 1 aromatic rings. The Bertz CT molecular complexity index is 323. The van der Waals surface area contributed by atoms with Gasteiger partial charge in [-0.1, -0.05) is 11.6 Å². The quantitative estimate of drug-likeness (QED) is 0.843. The first kappa shape index (κ1) is 10.1. The molecular formula is C10H13ClN2S. The Hall–Kier alpha value is -0.410. The molecule has 4 heteroatoms. The highest BCUT2D eigenvalue weighted by Gasteiger charge is 2.39. The molecule has 2 nitrogen and oxygen atoms in total. The summed E-state index contributed by atoms with van der Waals surface area (Å²) >= 11 is 7.73. The highest BCUT2D eigenvalue weighted by atomic mass is 35.5. The van der Waals surface area contributed by atoms with E-state index in [1.54, 1.807) is 6.20 Å². The summed E-state index contributed by atoms with van der Waals surface area (Å²) in [6, 6.07) is 4.29. The van der Waals surface area contributed by atoms with Crippen molar-refractivity contribution >= 4 is 29.2 Å². The normalized spacial score (nSPS) is 24.1. The van der Waals surface area contributed by atoms with Gasteiger partial charge in [-0.15, -0.1) is 0 Å². The zero-order valence-electron chi connectivity index (χ0n) is 8.25. The summed E-state index contributed by atoms with van der Waals surface area (Å²) in [5, 5.41) is 4.08. The molecule has 0 bridgehead atoms. The summed E-state index contributed by atoms with van der Waals surface area (Å²) in [5.41, 5.74) is 0. The van der Waals surface area contributed by atoms with Crippen molar-refractivity contribution in [3.63, 3.8) is 0 Å². The van der Waals surface area contributed by atoms with Crippen LogP contribution in [0, 0.1) is 0 Å². The van der Waals surface area contributed by atoms with Gasteiger partial charge >= 0.3 is 0 Å². The summed E-state index contributed by atoms with van der Waals surface area (Å²) in [6.45, 7) is 4.49. The van der Waals surface area contributed by atoms with Gasteiger partial charge in [-0.05, 0) is 26.0 Å². The molecule has 0 radical (unpaired) electrons. The number of aromatic nitrogens is 1. The number of hydrogen-bond acceptors (Lipinski definition) is 3. The van der Waals surface area contributed by atoms with E-state index in [2.05, 4.69) is 24.1 Å². The number of thioether (sulfide) groups is 1. The minimum absolute atomic E-state index is 0.321. The molecule has 1 aliphatic heterocycles. The van der Waals surface area contributed by atoms with Crippen LogP contribution in [-0.4, -0.2) is 21.5 Å². The van der Waals surface area contributed by atoms with Crippen molar-refractivity contribution in [2.45, 2.75) is 24.6 Å². The third kappa shape index (κ3) is 1.98. The number of pyridine rings is 1. The Morgan fingerprint density at radius 2 is 2.36 bits per heavy atom. The van der Waals surface area contributed by atoms with Gasteiger partial charge in [0.05, 0.1) is 11.1 Å². The molecule has 1 saturated heterocycles. The van der Waals surface area contributed by atoms with Crippen LogP contribution < -0.4 is 5.32 Å². The fourth-order valence-electron chi connectivity index (χ4n) is 1.36. The highest BCUT2D eigenvalue weighted by molar-refractivity contribution is 8.02. The molecular weight excluding hydrogens is 216 g/mol. The molecule has 1 atom stereocenters. The van der Waals surface area contributed by atoms with E-state index < -0.39 is 0 Å². The van der Waals surface area contributed by atoms with Crippen LogP contribution in [0.1, 0.15) is 13.8 Å². The molecule has 1 N–H and O–H groups in total. The molecule has 0 aliphatic carbocycles. The lowest BCUT2D eigenvalue weighted by atomic mass is 10.0. The minimum atomic E-state index is 0.321. The molecule has 0 amide bonds. The molecule has 1 unspecified atom stereocenters. The van der Waals surface area contributed by atoms with Gasteiger partial charge in [0.1, 0.15) is 5.82 Å². The largest absolute Gasteiger partial charge is 0.365 e. The van der Waals surface area contributed by atoms with Gasteiger partial charge in [0.15, 0.2) is 0 Å². The van der Waals surface area contributed by atoms with E-state index in [9.17, 15) is 0 Å². The van der Waals surface area contributed by atoms with Gasteiger partial charge in [-0.25, -0.2) is 4.98 Å². The first-order valence-electron chi connectivity index (χ1n) is 4.60. The van der Waals surface area contributed by atoms with Crippen LogP contribution in [-0.2, 0) is 0 Å². The van der Waals surface area contributed by atoms with Crippen LogP contribution in [0.25, 0.3) is 0 Å². The highest BCUT2D eigenvalue weighted by Crippen LogP contribution is 2.41. The number of nitrogens with zero attached hydrogens (tertiary/aromatic N) is 1. The fraction of sp³-hybridized carbons (Fsp3) is 0.500. The van der Waals surface area contributed by atoms with Gasteiger partial charge in [0.2, 0.25) is 0 Å². The van der Waals surface area contributed by atoms with Crippen LogP contribution >= 0.6 is 23.4 Å². The molecule has 76 valence electrons. The number of anilines is 1. The zero-order chi connectivity index (χ0) is 10.2. The Morgan fingerprint density at radius 3 is 2.79 bits per heavy atom. The third-order valence-electron chi connectivity index (χ3n) is 2.51.